The zero-order valence-electron chi connectivity index (χ0n) is 10.5. The summed E-state index contributed by atoms with van der Waals surface area (Å²) in [7, 11) is 3.28. The van der Waals surface area contributed by atoms with E-state index in [-0.39, 0.29) is 5.54 Å². The quantitative estimate of drug-likeness (QED) is 0.833. The molecule has 0 aliphatic rings. The standard InChI is InChI=1S/C13H21NO2/c1-5-13(2,14)9-10-6-7-11(15-3)12(8-10)16-4/h6-8H,5,9,14H2,1-4H3. The molecule has 16 heavy (non-hydrogen) atoms. The molecule has 1 aromatic carbocycles. The fraction of sp³-hybridized carbons (Fsp3) is 0.538. The van der Waals surface area contributed by atoms with Crippen LogP contribution in [0.25, 0.3) is 0 Å². The van der Waals surface area contributed by atoms with Gasteiger partial charge in [-0.1, -0.05) is 13.0 Å². The van der Waals surface area contributed by atoms with Crippen LogP contribution >= 0.6 is 0 Å². The van der Waals surface area contributed by atoms with Crippen molar-refractivity contribution in [2.75, 3.05) is 14.2 Å². The van der Waals surface area contributed by atoms with Gasteiger partial charge in [-0.25, -0.2) is 0 Å². The lowest BCUT2D eigenvalue weighted by Gasteiger charge is -2.23. The predicted octanol–water partition coefficient (Wildman–Crippen LogP) is 2.37. The van der Waals surface area contributed by atoms with Gasteiger partial charge in [-0.15, -0.1) is 0 Å². The van der Waals surface area contributed by atoms with Gasteiger partial charge >= 0.3 is 0 Å². The van der Waals surface area contributed by atoms with Crippen LogP contribution in [0.3, 0.4) is 0 Å². The van der Waals surface area contributed by atoms with Crippen LogP contribution in [0.1, 0.15) is 25.8 Å². The SMILES string of the molecule is CCC(C)(N)Cc1ccc(OC)c(OC)c1. The summed E-state index contributed by atoms with van der Waals surface area (Å²) in [6, 6.07) is 5.93. The first-order valence-corrected chi connectivity index (χ1v) is 5.52. The van der Waals surface area contributed by atoms with Crippen molar-refractivity contribution in [2.24, 2.45) is 5.73 Å². The molecule has 1 aromatic rings. The molecule has 0 bridgehead atoms. The maximum atomic E-state index is 6.14. The molecular weight excluding hydrogens is 202 g/mol. The molecule has 90 valence electrons. The molecule has 0 amide bonds. The molecule has 0 heterocycles. The zero-order chi connectivity index (χ0) is 12.2. The number of hydrogen-bond donors (Lipinski definition) is 1. The summed E-state index contributed by atoms with van der Waals surface area (Å²) >= 11 is 0. The van der Waals surface area contributed by atoms with Gasteiger partial charge in [-0.05, 0) is 37.5 Å². The number of nitrogens with two attached hydrogens (primary N) is 1. The molecule has 0 aliphatic heterocycles. The molecule has 0 saturated carbocycles. The Hall–Kier alpha value is -1.22. The highest BCUT2D eigenvalue weighted by molar-refractivity contribution is 5.43. The van der Waals surface area contributed by atoms with Crippen LogP contribution in [0.15, 0.2) is 18.2 Å². The highest BCUT2D eigenvalue weighted by Crippen LogP contribution is 2.29. The Bertz CT molecular complexity index is 348. The summed E-state index contributed by atoms with van der Waals surface area (Å²) in [4.78, 5) is 0. The number of hydrogen-bond acceptors (Lipinski definition) is 3. The number of ether oxygens (including phenoxy) is 2. The van der Waals surface area contributed by atoms with Gasteiger partial charge in [-0.2, -0.15) is 0 Å². The number of benzene rings is 1. The van der Waals surface area contributed by atoms with Crippen molar-refractivity contribution in [1.82, 2.24) is 0 Å². The molecule has 0 spiro atoms. The minimum atomic E-state index is -0.167. The minimum absolute atomic E-state index is 0.167. The summed E-state index contributed by atoms with van der Waals surface area (Å²) in [6.45, 7) is 4.16. The van der Waals surface area contributed by atoms with Crippen LogP contribution in [0.2, 0.25) is 0 Å². The van der Waals surface area contributed by atoms with Crippen molar-refractivity contribution in [3.8, 4) is 11.5 Å². The first-order valence-electron chi connectivity index (χ1n) is 5.52. The first-order chi connectivity index (χ1) is 7.52. The van der Waals surface area contributed by atoms with Gasteiger partial charge in [0.25, 0.3) is 0 Å². The molecule has 0 fully saturated rings. The second-order valence-corrected chi connectivity index (χ2v) is 4.37. The predicted molar refractivity (Wildman–Crippen MR) is 66.1 cm³/mol. The third-order valence-electron chi connectivity index (χ3n) is 2.86. The van der Waals surface area contributed by atoms with Crippen molar-refractivity contribution in [3.63, 3.8) is 0 Å². The molecule has 1 rings (SSSR count). The van der Waals surface area contributed by atoms with E-state index in [2.05, 4.69) is 13.8 Å². The van der Waals surface area contributed by atoms with E-state index in [1.54, 1.807) is 14.2 Å². The molecule has 1 atom stereocenters. The van der Waals surface area contributed by atoms with Crippen LogP contribution in [0.4, 0.5) is 0 Å². The fourth-order valence-electron chi connectivity index (χ4n) is 1.58. The van der Waals surface area contributed by atoms with E-state index >= 15 is 0 Å². The lowest BCUT2D eigenvalue weighted by molar-refractivity contribution is 0.353. The summed E-state index contributed by atoms with van der Waals surface area (Å²) < 4.78 is 10.5. The van der Waals surface area contributed by atoms with Gasteiger partial charge < -0.3 is 15.2 Å². The van der Waals surface area contributed by atoms with E-state index in [1.807, 2.05) is 18.2 Å². The molecule has 1 unspecified atom stereocenters. The van der Waals surface area contributed by atoms with Crippen LogP contribution in [0, 0.1) is 0 Å². The van der Waals surface area contributed by atoms with E-state index < -0.39 is 0 Å². The first kappa shape index (κ1) is 12.8. The average molecular weight is 223 g/mol. The monoisotopic (exact) mass is 223 g/mol. The highest BCUT2D eigenvalue weighted by atomic mass is 16.5. The Morgan fingerprint density at radius 1 is 1.19 bits per heavy atom. The van der Waals surface area contributed by atoms with E-state index in [0.717, 1.165) is 24.3 Å². The summed E-state index contributed by atoms with van der Waals surface area (Å²) in [6.07, 6.45) is 1.78. The van der Waals surface area contributed by atoms with Crippen LogP contribution < -0.4 is 15.2 Å². The third kappa shape index (κ3) is 3.14. The number of methoxy groups -OCH3 is 2. The second kappa shape index (κ2) is 5.21. The largest absolute Gasteiger partial charge is 0.493 e. The Balaban J connectivity index is 2.91. The smallest absolute Gasteiger partial charge is 0.160 e. The second-order valence-electron chi connectivity index (χ2n) is 4.37. The summed E-state index contributed by atoms with van der Waals surface area (Å²) in [5, 5.41) is 0. The maximum Gasteiger partial charge on any atom is 0.160 e. The van der Waals surface area contributed by atoms with E-state index in [0.29, 0.717) is 0 Å². The number of rotatable bonds is 5. The van der Waals surface area contributed by atoms with Gasteiger partial charge in [0.1, 0.15) is 0 Å². The molecule has 2 N–H and O–H groups in total. The minimum Gasteiger partial charge on any atom is -0.493 e. The average Bonchev–Trinajstić information content (AvgIpc) is 2.28. The highest BCUT2D eigenvalue weighted by Gasteiger charge is 2.17. The van der Waals surface area contributed by atoms with E-state index in [4.69, 9.17) is 15.2 Å². The Labute approximate surface area is 97.6 Å². The Morgan fingerprint density at radius 3 is 2.31 bits per heavy atom. The zero-order valence-corrected chi connectivity index (χ0v) is 10.5. The van der Waals surface area contributed by atoms with E-state index in [9.17, 15) is 0 Å². The fourth-order valence-corrected chi connectivity index (χ4v) is 1.58. The van der Waals surface area contributed by atoms with Crippen molar-refractivity contribution in [2.45, 2.75) is 32.2 Å². The van der Waals surface area contributed by atoms with Crippen LogP contribution in [-0.2, 0) is 6.42 Å². The van der Waals surface area contributed by atoms with Gasteiger partial charge in [0.05, 0.1) is 14.2 Å². The molecule has 0 radical (unpaired) electrons. The van der Waals surface area contributed by atoms with Gasteiger partial charge in [0, 0.05) is 5.54 Å². The van der Waals surface area contributed by atoms with Gasteiger partial charge in [0.2, 0.25) is 0 Å². The van der Waals surface area contributed by atoms with Crippen molar-refractivity contribution in [1.29, 1.82) is 0 Å². The molecule has 3 nitrogen and oxygen atoms in total. The summed E-state index contributed by atoms with van der Waals surface area (Å²) in [5.74, 6) is 1.51. The van der Waals surface area contributed by atoms with Crippen molar-refractivity contribution in [3.05, 3.63) is 23.8 Å². The topological polar surface area (TPSA) is 44.5 Å². The van der Waals surface area contributed by atoms with Crippen LogP contribution in [0.5, 0.6) is 11.5 Å². The van der Waals surface area contributed by atoms with E-state index in [1.165, 1.54) is 5.56 Å². The normalized spacial score (nSPS) is 14.3. The van der Waals surface area contributed by atoms with Crippen molar-refractivity contribution >= 4 is 0 Å². The lowest BCUT2D eigenvalue weighted by atomic mass is 9.91. The Kier molecular flexibility index (Phi) is 4.19. The molecular formula is C13H21NO2. The maximum absolute atomic E-state index is 6.14. The van der Waals surface area contributed by atoms with Gasteiger partial charge in [0.15, 0.2) is 11.5 Å². The van der Waals surface area contributed by atoms with Crippen molar-refractivity contribution < 1.29 is 9.47 Å². The third-order valence-corrected chi connectivity index (χ3v) is 2.86. The Morgan fingerprint density at radius 2 is 1.81 bits per heavy atom. The molecule has 0 aromatic heterocycles. The molecule has 0 aliphatic carbocycles. The molecule has 0 saturated heterocycles. The molecule has 3 heteroatoms. The lowest BCUT2D eigenvalue weighted by Crippen LogP contribution is -2.37. The van der Waals surface area contributed by atoms with Crippen LogP contribution in [-0.4, -0.2) is 19.8 Å². The summed E-state index contributed by atoms with van der Waals surface area (Å²) in [5.41, 5.74) is 7.14. The van der Waals surface area contributed by atoms with Gasteiger partial charge in [-0.3, -0.25) is 0 Å².